The highest BCUT2D eigenvalue weighted by atomic mass is 15.3. The first kappa shape index (κ1) is 12.6. The van der Waals surface area contributed by atoms with Gasteiger partial charge in [0.1, 0.15) is 0 Å². The van der Waals surface area contributed by atoms with Crippen LogP contribution in [0.25, 0.3) is 0 Å². The molecule has 1 aliphatic heterocycles. The van der Waals surface area contributed by atoms with Crippen molar-refractivity contribution < 1.29 is 0 Å². The number of nitrogens with zero attached hydrogens (tertiary/aromatic N) is 2. The van der Waals surface area contributed by atoms with Gasteiger partial charge in [0.15, 0.2) is 0 Å². The van der Waals surface area contributed by atoms with Gasteiger partial charge in [0.25, 0.3) is 0 Å². The van der Waals surface area contributed by atoms with Crippen LogP contribution in [0, 0.1) is 0 Å². The Morgan fingerprint density at radius 1 is 0.875 bits per heavy atom. The van der Waals surface area contributed by atoms with Crippen LogP contribution in [-0.4, -0.2) is 36.0 Å². The minimum atomic E-state index is 1.02. The molecular formula is C14H22N2. The second kappa shape index (κ2) is 5.59. The third-order valence-electron chi connectivity index (χ3n) is 2.79. The lowest BCUT2D eigenvalue weighted by atomic mass is 10.2. The van der Waals surface area contributed by atoms with Crippen molar-refractivity contribution in [3.63, 3.8) is 0 Å². The molecule has 0 saturated carbocycles. The monoisotopic (exact) mass is 218 g/mol. The Bertz CT molecular complexity index is 318. The van der Waals surface area contributed by atoms with Gasteiger partial charge in [-0.1, -0.05) is 31.4 Å². The van der Waals surface area contributed by atoms with Gasteiger partial charge in [-0.25, -0.2) is 0 Å². The lowest BCUT2D eigenvalue weighted by Crippen LogP contribution is -2.44. The number of rotatable bonds is 4. The van der Waals surface area contributed by atoms with Crippen molar-refractivity contribution in [3.8, 4) is 0 Å². The standard InChI is InChI=1S/C14H22N2/c1-12(2)6-7-14(5)16-10-8-15(9-11-16)13(3)4/h6-7H,1,3,5,8-11H2,2,4H3/b7-6-. The van der Waals surface area contributed by atoms with Gasteiger partial charge in [0.2, 0.25) is 0 Å². The summed E-state index contributed by atoms with van der Waals surface area (Å²) >= 11 is 0. The SMILES string of the molecule is C=C(C)/C=C\C(=C)N1CCN(C(=C)C)CC1. The van der Waals surface area contributed by atoms with Crippen LogP contribution in [0.2, 0.25) is 0 Å². The molecule has 0 aliphatic carbocycles. The third kappa shape index (κ3) is 3.61. The van der Waals surface area contributed by atoms with E-state index in [4.69, 9.17) is 0 Å². The van der Waals surface area contributed by atoms with E-state index in [1.165, 1.54) is 0 Å². The Balaban J connectivity index is 2.44. The van der Waals surface area contributed by atoms with Crippen LogP contribution >= 0.6 is 0 Å². The number of allylic oxidation sites excluding steroid dienone is 4. The summed E-state index contributed by atoms with van der Waals surface area (Å²) in [5.74, 6) is 0. The van der Waals surface area contributed by atoms with E-state index in [1.807, 2.05) is 19.1 Å². The van der Waals surface area contributed by atoms with Gasteiger partial charge < -0.3 is 9.80 Å². The number of hydrogen-bond donors (Lipinski definition) is 0. The molecule has 0 amide bonds. The predicted molar refractivity (Wildman–Crippen MR) is 71.1 cm³/mol. The molecule has 0 bridgehead atoms. The van der Waals surface area contributed by atoms with Gasteiger partial charge in [-0.05, 0) is 19.9 Å². The Labute approximate surface area is 99.2 Å². The van der Waals surface area contributed by atoms with Gasteiger partial charge in [0.05, 0.1) is 0 Å². The average Bonchev–Trinajstić information content (AvgIpc) is 2.26. The maximum atomic E-state index is 4.08. The molecule has 0 aromatic rings. The third-order valence-corrected chi connectivity index (χ3v) is 2.79. The lowest BCUT2D eigenvalue weighted by molar-refractivity contribution is 0.197. The molecule has 0 aromatic heterocycles. The molecule has 1 fully saturated rings. The van der Waals surface area contributed by atoms with E-state index in [0.717, 1.165) is 43.1 Å². The number of piperazine rings is 1. The zero-order chi connectivity index (χ0) is 12.1. The topological polar surface area (TPSA) is 6.48 Å². The van der Waals surface area contributed by atoms with Crippen molar-refractivity contribution in [2.45, 2.75) is 13.8 Å². The summed E-state index contributed by atoms with van der Waals surface area (Å²) in [6.07, 6.45) is 4.05. The van der Waals surface area contributed by atoms with Gasteiger partial charge >= 0.3 is 0 Å². The van der Waals surface area contributed by atoms with E-state index in [1.54, 1.807) is 0 Å². The largest absolute Gasteiger partial charge is 0.372 e. The van der Waals surface area contributed by atoms with Crippen LogP contribution < -0.4 is 0 Å². The Hall–Kier alpha value is -1.44. The van der Waals surface area contributed by atoms with E-state index < -0.39 is 0 Å². The molecule has 1 heterocycles. The maximum Gasteiger partial charge on any atom is 0.0354 e. The van der Waals surface area contributed by atoms with Crippen molar-refractivity contribution >= 4 is 0 Å². The molecule has 0 atom stereocenters. The van der Waals surface area contributed by atoms with Gasteiger partial charge in [0, 0.05) is 37.6 Å². The average molecular weight is 218 g/mol. The fraction of sp³-hybridized carbons (Fsp3) is 0.429. The van der Waals surface area contributed by atoms with Gasteiger partial charge in [-0.2, -0.15) is 0 Å². The van der Waals surface area contributed by atoms with Crippen molar-refractivity contribution in [2.24, 2.45) is 0 Å². The van der Waals surface area contributed by atoms with Crippen molar-refractivity contribution in [1.82, 2.24) is 9.80 Å². The quantitative estimate of drug-likeness (QED) is 0.669. The zero-order valence-corrected chi connectivity index (χ0v) is 10.5. The minimum Gasteiger partial charge on any atom is -0.372 e. The molecule has 0 spiro atoms. The first-order valence-corrected chi connectivity index (χ1v) is 5.68. The molecule has 88 valence electrons. The van der Waals surface area contributed by atoms with E-state index in [2.05, 4.69) is 36.5 Å². The van der Waals surface area contributed by atoms with E-state index in [0.29, 0.717) is 0 Å². The van der Waals surface area contributed by atoms with Crippen molar-refractivity contribution in [2.75, 3.05) is 26.2 Å². The van der Waals surface area contributed by atoms with Crippen LogP contribution in [0.15, 0.2) is 48.9 Å². The van der Waals surface area contributed by atoms with E-state index in [9.17, 15) is 0 Å². The summed E-state index contributed by atoms with van der Waals surface area (Å²) < 4.78 is 0. The van der Waals surface area contributed by atoms with Crippen LogP contribution in [0.4, 0.5) is 0 Å². The van der Waals surface area contributed by atoms with Crippen LogP contribution in [0.5, 0.6) is 0 Å². The molecule has 2 nitrogen and oxygen atoms in total. The molecule has 1 aliphatic rings. The molecule has 2 heteroatoms. The predicted octanol–water partition coefficient (Wildman–Crippen LogP) is 2.78. The van der Waals surface area contributed by atoms with Crippen LogP contribution in [0.1, 0.15) is 13.8 Å². The summed E-state index contributed by atoms with van der Waals surface area (Å²) in [5, 5.41) is 0. The molecule has 0 N–H and O–H groups in total. The summed E-state index contributed by atoms with van der Waals surface area (Å²) in [5.41, 5.74) is 3.29. The zero-order valence-electron chi connectivity index (χ0n) is 10.5. The molecule has 0 unspecified atom stereocenters. The highest BCUT2D eigenvalue weighted by Crippen LogP contribution is 2.12. The van der Waals surface area contributed by atoms with Gasteiger partial charge in [-0.15, -0.1) is 0 Å². The molecule has 1 saturated heterocycles. The molecule has 16 heavy (non-hydrogen) atoms. The summed E-state index contributed by atoms with van der Waals surface area (Å²) in [7, 11) is 0. The minimum absolute atomic E-state index is 1.02. The summed E-state index contributed by atoms with van der Waals surface area (Å²) in [4.78, 5) is 4.62. The maximum absolute atomic E-state index is 4.08. The summed E-state index contributed by atoms with van der Waals surface area (Å²) in [6.45, 7) is 20.1. The van der Waals surface area contributed by atoms with Crippen LogP contribution in [0.3, 0.4) is 0 Å². The van der Waals surface area contributed by atoms with Crippen molar-refractivity contribution in [3.05, 3.63) is 48.9 Å². The highest BCUT2D eigenvalue weighted by molar-refractivity contribution is 5.22. The van der Waals surface area contributed by atoms with Gasteiger partial charge in [-0.3, -0.25) is 0 Å². The van der Waals surface area contributed by atoms with Crippen LogP contribution in [-0.2, 0) is 0 Å². The normalized spacial score (nSPS) is 16.6. The second-order valence-corrected chi connectivity index (χ2v) is 4.38. The van der Waals surface area contributed by atoms with E-state index >= 15 is 0 Å². The fourth-order valence-electron chi connectivity index (χ4n) is 1.72. The Morgan fingerprint density at radius 2 is 1.38 bits per heavy atom. The lowest BCUT2D eigenvalue weighted by Gasteiger charge is -2.37. The second-order valence-electron chi connectivity index (χ2n) is 4.38. The highest BCUT2D eigenvalue weighted by Gasteiger charge is 2.15. The smallest absolute Gasteiger partial charge is 0.0354 e. The first-order valence-electron chi connectivity index (χ1n) is 5.68. The molecule has 1 rings (SSSR count). The molecular weight excluding hydrogens is 196 g/mol. The Kier molecular flexibility index (Phi) is 4.41. The summed E-state index contributed by atoms with van der Waals surface area (Å²) in [6, 6.07) is 0. The van der Waals surface area contributed by atoms with E-state index in [-0.39, 0.29) is 0 Å². The first-order chi connectivity index (χ1) is 7.50. The molecule has 0 aromatic carbocycles. The number of hydrogen-bond acceptors (Lipinski definition) is 2. The Morgan fingerprint density at radius 3 is 1.81 bits per heavy atom. The molecule has 0 radical (unpaired) electrons. The fourth-order valence-corrected chi connectivity index (χ4v) is 1.72. The van der Waals surface area contributed by atoms with Crippen molar-refractivity contribution in [1.29, 1.82) is 0 Å².